The van der Waals surface area contributed by atoms with Gasteiger partial charge in [0.2, 0.25) is 0 Å². The van der Waals surface area contributed by atoms with E-state index >= 15 is 0 Å². The molecule has 0 fully saturated rings. The van der Waals surface area contributed by atoms with E-state index in [9.17, 15) is 0 Å². The van der Waals surface area contributed by atoms with Crippen molar-refractivity contribution in [1.29, 1.82) is 0 Å². The van der Waals surface area contributed by atoms with Gasteiger partial charge in [-0.05, 0) is 102 Å². The van der Waals surface area contributed by atoms with Gasteiger partial charge >= 0.3 is 0 Å². The molecule has 1 atom stereocenters. The first kappa shape index (κ1) is 32.6. The third-order valence-corrected chi connectivity index (χ3v) is 16.2. The molecule has 6 aromatic carbocycles. The zero-order valence-electron chi connectivity index (χ0n) is 29.9. The van der Waals surface area contributed by atoms with Crippen molar-refractivity contribution < 1.29 is 0 Å². The summed E-state index contributed by atoms with van der Waals surface area (Å²) >= 11 is 0. The standard InChI is InChI=1S/C48H46Si/c1-32-17-23-39(24-18-32)42-11-8-14-45(29-42)49(48-37(6)35(4)36(5)38(48)7,46-15-9-12-43(30-46)40-25-19-33(2)20-26-40)47-16-10-13-44(31-47)41-27-21-34(3)22-28-41/h8-31,37H,1-7H3. The fourth-order valence-electron chi connectivity index (χ4n) is 7.97. The Labute approximate surface area is 294 Å². The van der Waals surface area contributed by atoms with Gasteiger partial charge in [-0.3, -0.25) is 0 Å². The summed E-state index contributed by atoms with van der Waals surface area (Å²) in [5.41, 5.74) is 15.8. The SMILES string of the molecule is CC1=C(C)C(C)C([Si](c2cccc(-c3ccc(C)cc3)c2)(c2cccc(-c3ccc(C)cc3)c2)c2cccc(-c3ccc(C)cc3)c2)=C1C. The fourth-order valence-corrected chi connectivity index (χ4v) is 13.7. The molecule has 0 spiro atoms. The molecule has 1 unspecified atom stereocenters. The summed E-state index contributed by atoms with van der Waals surface area (Å²) in [4.78, 5) is 0. The van der Waals surface area contributed by atoms with Crippen LogP contribution in [0.3, 0.4) is 0 Å². The predicted molar refractivity (Wildman–Crippen MR) is 215 cm³/mol. The molecule has 0 amide bonds. The molecule has 1 heteroatoms. The summed E-state index contributed by atoms with van der Waals surface area (Å²) in [6, 6.07) is 55.6. The first-order chi connectivity index (χ1) is 23.7. The molecule has 0 aromatic heterocycles. The molecular formula is C48H46Si. The van der Waals surface area contributed by atoms with Crippen molar-refractivity contribution in [3.8, 4) is 33.4 Å². The minimum atomic E-state index is -2.89. The Hall–Kier alpha value is -4.98. The molecule has 0 saturated heterocycles. The van der Waals surface area contributed by atoms with Crippen LogP contribution in [0.2, 0.25) is 0 Å². The van der Waals surface area contributed by atoms with E-state index in [1.165, 1.54) is 82.4 Å². The first-order valence-electron chi connectivity index (χ1n) is 17.6. The molecule has 0 nitrogen and oxygen atoms in total. The van der Waals surface area contributed by atoms with Crippen molar-refractivity contribution in [3.05, 3.63) is 184 Å². The lowest BCUT2D eigenvalue weighted by Crippen LogP contribution is -2.69. The molecule has 0 bridgehead atoms. The Morgan fingerprint density at radius 2 is 0.694 bits per heavy atom. The van der Waals surface area contributed by atoms with Gasteiger partial charge in [0.15, 0.2) is 8.07 Å². The highest BCUT2D eigenvalue weighted by Crippen LogP contribution is 2.42. The van der Waals surface area contributed by atoms with Crippen molar-refractivity contribution in [2.75, 3.05) is 0 Å². The quantitative estimate of drug-likeness (QED) is 0.119. The van der Waals surface area contributed by atoms with Gasteiger partial charge in [0.25, 0.3) is 0 Å². The van der Waals surface area contributed by atoms with Gasteiger partial charge in [0.05, 0.1) is 0 Å². The average Bonchev–Trinajstić information content (AvgIpc) is 3.32. The van der Waals surface area contributed by atoms with E-state index in [1.54, 1.807) is 5.20 Å². The van der Waals surface area contributed by atoms with E-state index in [1.807, 2.05) is 0 Å². The Kier molecular flexibility index (Phi) is 8.73. The van der Waals surface area contributed by atoms with Gasteiger partial charge in [-0.15, -0.1) is 0 Å². The van der Waals surface area contributed by atoms with Crippen LogP contribution in [0.5, 0.6) is 0 Å². The number of aryl methyl sites for hydroxylation is 3. The first-order valence-corrected chi connectivity index (χ1v) is 19.6. The van der Waals surface area contributed by atoms with Crippen molar-refractivity contribution >= 4 is 23.6 Å². The molecule has 49 heavy (non-hydrogen) atoms. The molecule has 6 aromatic rings. The Morgan fingerprint density at radius 3 is 0.980 bits per heavy atom. The highest BCUT2D eigenvalue weighted by molar-refractivity contribution is 7.16. The maximum atomic E-state index is 2.52. The largest absolute Gasteiger partial charge is 0.176 e. The maximum Gasteiger partial charge on any atom is 0.176 e. The lowest BCUT2D eigenvalue weighted by Gasteiger charge is -2.39. The van der Waals surface area contributed by atoms with Crippen LogP contribution in [0, 0.1) is 26.7 Å². The second-order valence-electron chi connectivity index (χ2n) is 14.2. The number of benzene rings is 6. The number of rotatable bonds is 7. The normalized spacial score (nSPS) is 14.9. The van der Waals surface area contributed by atoms with E-state index < -0.39 is 8.07 Å². The Balaban J connectivity index is 1.58. The zero-order chi connectivity index (χ0) is 34.3. The van der Waals surface area contributed by atoms with Gasteiger partial charge in [0.1, 0.15) is 0 Å². The lowest BCUT2D eigenvalue weighted by atomic mass is 10.0. The summed E-state index contributed by atoms with van der Waals surface area (Å²) < 4.78 is 0. The van der Waals surface area contributed by atoms with Crippen LogP contribution < -0.4 is 15.6 Å². The summed E-state index contributed by atoms with van der Waals surface area (Å²) in [5.74, 6) is 0.334. The van der Waals surface area contributed by atoms with E-state index in [2.05, 4.69) is 194 Å². The molecule has 0 radical (unpaired) electrons. The third kappa shape index (κ3) is 5.87. The molecule has 0 heterocycles. The highest BCUT2D eigenvalue weighted by atomic mass is 28.3. The third-order valence-electron chi connectivity index (χ3n) is 11.1. The molecule has 0 aliphatic heterocycles. The van der Waals surface area contributed by atoms with Gasteiger partial charge in [-0.25, -0.2) is 0 Å². The average molecular weight is 651 g/mol. The Morgan fingerprint density at radius 1 is 0.367 bits per heavy atom. The fraction of sp³-hybridized carbons (Fsp3) is 0.167. The van der Waals surface area contributed by atoms with Gasteiger partial charge in [0, 0.05) is 0 Å². The molecule has 0 saturated carbocycles. The monoisotopic (exact) mass is 650 g/mol. The van der Waals surface area contributed by atoms with E-state index in [-0.39, 0.29) is 0 Å². The van der Waals surface area contributed by atoms with Gasteiger partial charge in [-0.1, -0.05) is 186 Å². The van der Waals surface area contributed by atoms with Crippen LogP contribution in [-0.2, 0) is 0 Å². The van der Waals surface area contributed by atoms with Crippen LogP contribution in [0.1, 0.15) is 44.4 Å². The molecule has 242 valence electrons. The second-order valence-corrected chi connectivity index (χ2v) is 17.9. The Bertz CT molecular complexity index is 2000. The molecule has 1 aliphatic rings. The summed E-state index contributed by atoms with van der Waals surface area (Å²) in [6.45, 7) is 16.0. The number of hydrogen-bond donors (Lipinski definition) is 0. The van der Waals surface area contributed by atoms with Crippen LogP contribution in [0.4, 0.5) is 0 Å². The number of hydrogen-bond acceptors (Lipinski definition) is 0. The van der Waals surface area contributed by atoms with Crippen molar-refractivity contribution in [2.45, 2.75) is 48.5 Å². The summed E-state index contributed by atoms with van der Waals surface area (Å²) in [6.07, 6.45) is 0. The predicted octanol–water partition coefficient (Wildman–Crippen LogP) is 10.9. The van der Waals surface area contributed by atoms with Crippen molar-refractivity contribution in [1.82, 2.24) is 0 Å². The molecule has 0 N–H and O–H groups in total. The molecule has 1 aliphatic carbocycles. The lowest BCUT2D eigenvalue weighted by molar-refractivity contribution is 0.851. The summed E-state index contributed by atoms with van der Waals surface area (Å²) in [7, 11) is -2.89. The van der Waals surface area contributed by atoms with E-state index in [0.29, 0.717) is 5.92 Å². The zero-order valence-corrected chi connectivity index (χ0v) is 30.9. The van der Waals surface area contributed by atoms with Crippen LogP contribution in [0.15, 0.2) is 168 Å². The smallest absolute Gasteiger partial charge is 0.0636 e. The second kappa shape index (κ2) is 13.1. The highest BCUT2D eigenvalue weighted by Gasteiger charge is 2.48. The van der Waals surface area contributed by atoms with E-state index in [0.717, 1.165) is 0 Å². The number of allylic oxidation sites excluding steroid dienone is 4. The molecule has 7 rings (SSSR count). The van der Waals surface area contributed by atoms with Crippen molar-refractivity contribution in [2.24, 2.45) is 5.92 Å². The van der Waals surface area contributed by atoms with E-state index in [4.69, 9.17) is 0 Å². The summed E-state index contributed by atoms with van der Waals surface area (Å²) in [5, 5.41) is 5.88. The van der Waals surface area contributed by atoms with Crippen LogP contribution in [0.25, 0.3) is 33.4 Å². The topological polar surface area (TPSA) is 0 Å². The minimum absolute atomic E-state index is 0.334. The molecular weight excluding hydrogens is 605 g/mol. The van der Waals surface area contributed by atoms with Crippen LogP contribution >= 0.6 is 0 Å². The van der Waals surface area contributed by atoms with Crippen molar-refractivity contribution in [3.63, 3.8) is 0 Å². The van der Waals surface area contributed by atoms with Gasteiger partial charge < -0.3 is 0 Å². The minimum Gasteiger partial charge on any atom is -0.0636 e. The maximum absolute atomic E-state index is 2.89. The van der Waals surface area contributed by atoms with Gasteiger partial charge in [-0.2, -0.15) is 0 Å². The van der Waals surface area contributed by atoms with Crippen LogP contribution in [-0.4, -0.2) is 8.07 Å².